The van der Waals surface area contributed by atoms with Gasteiger partial charge in [-0.3, -0.25) is 0 Å². The molecule has 0 fully saturated rings. The van der Waals surface area contributed by atoms with E-state index in [1.807, 2.05) is 0 Å². The van der Waals surface area contributed by atoms with Crippen molar-refractivity contribution in [3.8, 4) is 0 Å². The summed E-state index contributed by atoms with van der Waals surface area (Å²) >= 11 is 0. The zero-order valence-corrected chi connectivity index (χ0v) is 13.9. The molecule has 22 heavy (non-hydrogen) atoms. The summed E-state index contributed by atoms with van der Waals surface area (Å²) in [6.07, 6.45) is 14.1. The van der Waals surface area contributed by atoms with Gasteiger partial charge in [-0.05, 0) is 75.5 Å². The highest BCUT2D eigenvalue weighted by molar-refractivity contribution is 5.65. The van der Waals surface area contributed by atoms with E-state index < -0.39 is 0 Å². The fraction of sp³-hybridized carbons (Fsp3) is 0.650. The van der Waals surface area contributed by atoms with E-state index in [2.05, 4.69) is 13.0 Å². The van der Waals surface area contributed by atoms with Gasteiger partial charge in [0.25, 0.3) is 0 Å². The van der Waals surface area contributed by atoms with Crippen molar-refractivity contribution in [1.82, 2.24) is 0 Å². The fourth-order valence-electron chi connectivity index (χ4n) is 3.92. The predicted molar refractivity (Wildman–Crippen MR) is 91.2 cm³/mol. The smallest absolute Gasteiger partial charge is 0.339 e. The third-order valence-corrected chi connectivity index (χ3v) is 5.31. The van der Waals surface area contributed by atoms with E-state index in [0.717, 1.165) is 43.4 Å². The molecule has 2 heteroatoms. The lowest BCUT2D eigenvalue weighted by Gasteiger charge is -2.18. The maximum absolute atomic E-state index is 12.5. The lowest BCUT2D eigenvalue weighted by atomic mass is 9.90. The molecule has 1 aromatic heterocycles. The minimum absolute atomic E-state index is 0.0724. The second kappa shape index (κ2) is 7.30. The number of allylic oxidation sites excluding steroid dienone is 2. The Kier molecular flexibility index (Phi) is 5.17. The van der Waals surface area contributed by atoms with Crippen molar-refractivity contribution in [3.05, 3.63) is 38.9 Å². The highest BCUT2D eigenvalue weighted by Gasteiger charge is 2.17. The quantitative estimate of drug-likeness (QED) is 0.692. The van der Waals surface area contributed by atoms with E-state index in [9.17, 15) is 4.79 Å². The lowest BCUT2D eigenvalue weighted by molar-refractivity contribution is 0.472. The molecular formula is C20H28O2. The van der Waals surface area contributed by atoms with E-state index in [4.69, 9.17) is 4.42 Å². The van der Waals surface area contributed by atoms with Crippen molar-refractivity contribution in [2.75, 3.05) is 0 Å². The molecule has 2 aliphatic carbocycles. The van der Waals surface area contributed by atoms with E-state index in [-0.39, 0.29) is 5.63 Å². The maximum Gasteiger partial charge on any atom is 0.339 e. The summed E-state index contributed by atoms with van der Waals surface area (Å²) in [7, 11) is 0. The maximum atomic E-state index is 12.5. The van der Waals surface area contributed by atoms with Crippen LogP contribution in [0.2, 0.25) is 0 Å². The summed E-state index contributed by atoms with van der Waals surface area (Å²) in [5.41, 5.74) is 4.87. The van der Waals surface area contributed by atoms with Gasteiger partial charge in [-0.25, -0.2) is 4.79 Å². The van der Waals surface area contributed by atoms with Crippen LogP contribution < -0.4 is 5.63 Å². The number of aryl methyl sites for hydroxylation is 1. The molecule has 0 bridgehead atoms. The van der Waals surface area contributed by atoms with Crippen LogP contribution in [-0.2, 0) is 12.8 Å². The Morgan fingerprint density at radius 2 is 1.45 bits per heavy atom. The highest BCUT2D eigenvalue weighted by atomic mass is 16.4. The zero-order chi connectivity index (χ0) is 15.4. The standard InChI is InChI=1S/C20H28O2/c1-15-10-6-2-4-8-12-17(15)19-14-16-11-7-3-5-9-13-18(16)20(21)22-19/h14H,2-13H2,1H3/b17-15+. The first-order valence-corrected chi connectivity index (χ1v) is 9.10. The first-order valence-electron chi connectivity index (χ1n) is 9.10. The van der Waals surface area contributed by atoms with Crippen LogP contribution in [0.5, 0.6) is 0 Å². The minimum Gasteiger partial charge on any atom is -0.423 e. The number of fused-ring (bicyclic) bond motifs is 1. The van der Waals surface area contributed by atoms with Gasteiger partial charge < -0.3 is 4.42 Å². The SMILES string of the molecule is C/C1=C(\c2cc3c(c(=O)o2)CCCCCC3)CCCCCC1. The van der Waals surface area contributed by atoms with Gasteiger partial charge in [0.15, 0.2) is 0 Å². The molecule has 0 atom stereocenters. The van der Waals surface area contributed by atoms with Crippen LogP contribution in [-0.4, -0.2) is 0 Å². The summed E-state index contributed by atoms with van der Waals surface area (Å²) < 4.78 is 5.76. The van der Waals surface area contributed by atoms with E-state index in [0.29, 0.717) is 0 Å². The van der Waals surface area contributed by atoms with Crippen LogP contribution >= 0.6 is 0 Å². The first-order chi connectivity index (χ1) is 10.8. The summed E-state index contributed by atoms with van der Waals surface area (Å²) in [6, 6.07) is 2.20. The average molecular weight is 300 g/mol. The molecule has 0 radical (unpaired) electrons. The van der Waals surface area contributed by atoms with E-state index in [1.165, 1.54) is 61.7 Å². The number of rotatable bonds is 1. The Balaban J connectivity index is 2.00. The van der Waals surface area contributed by atoms with Crippen molar-refractivity contribution in [3.63, 3.8) is 0 Å². The second-order valence-corrected chi connectivity index (χ2v) is 6.99. The molecule has 0 aliphatic heterocycles. The van der Waals surface area contributed by atoms with Crippen molar-refractivity contribution < 1.29 is 4.42 Å². The topological polar surface area (TPSA) is 30.2 Å². The third-order valence-electron chi connectivity index (χ3n) is 5.31. The largest absolute Gasteiger partial charge is 0.423 e. The van der Waals surface area contributed by atoms with Crippen LogP contribution in [0.25, 0.3) is 5.57 Å². The van der Waals surface area contributed by atoms with Crippen LogP contribution in [0, 0.1) is 0 Å². The van der Waals surface area contributed by atoms with Gasteiger partial charge in [-0.15, -0.1) is 0 Å². The highest BCUT2D eigenvalue weighted by Crippen LogP contribution is 2.31. The predicted octanol–water partition coefficient (Wildman–Crippen LogP) is 5.43. The van der Waals surface area contributed by atoms with Gasteiger partial charge >= 0.3 is 5.63 Å². The van der Waals surface area contributed by atoms with Gasteiger partial charge in [0, 0.05) is 5.56 Å². The summed E-state index contributed by atoms with van der Waals surface area (Å²) in [5, 5.41) is 0. The molecule has 3 rings (SSSR count). The normalized spacial score (nSPS) is 23.9. The van der Waals surface area contributed by atoms with Crippen molar-refractivity contribution >= 4 is 5.57 Å². The monoisotopic (exact) mass is 300 g/mol. The second-order valence-electron chi connectivity index (χ2n) is 6.99. The molecule has 0 saturated heterocycles. The van der Waals surface area contributed by atoms with Crippen LogP contribution in [0.4, 0.5) is 0 Å². The Hall–Kier alpha value is -1.31. The van der Waals surface area contributed by atoms with Crippen molar-refractivity contribution in [2.24, 2.45) is 0 Å². The lowest BCUT2D eigenvalue weighted by Crippen LogP contribution is -2.15. The Morgan fingerprint density at radius 1 is 0.818 bits per heavy atom. The Bertz CT molecular complexity index is 607. The van der Waals surface area contributed by atoms with Crippen LogP contribution in [0.15, 0.2) is 20.9 Å². The number of hydrogen-bond donors (Lipinski definition) is 0. The molecule has 0 spiro atoms. The molecule has 0 saturated carbocycles. The van der Waals surface area contributed by atoms with Gasteiger partial charge in [-0.1, -0.05) is 31.3 Å². The summed E-state index contributed by atoms with van der Waals surface area (Å²) in [5.74, 6) is 0.865. The van der Waals surface area contributed by atoms with Crippen LogP contribution in [0.1, 0.15) is 88.0 Å². The molecule has 0 aromatic carbocycles. The fourth-order valence-corrected chi connectivity index (χ4v) is 3.92. The summed E-state index contributed by atoms with van der Waals surface area (Å²) in [4.78, 5) is 12.5. The number of hydrogen-bond acceptors (Lipinski definition) is 2. The minimum atomic E-state index is -0.0724. The van der Waals surface area contributed by atoms with Crippen molar-refractivity contribution in [1.29, 1.82) is 0 Å². The molecule has 0 unspecified atom stereocenters. The molecular weight excluding hydrogens is 272 g/mol. The van der Waals surface area contributed by atoms with E-state index in [1.54, 1.807) is 0 Å². The Labute approximate surface area is 133 Å². The molecule has 1 aromatic rings. The Morgan fingerprint density at radius 3 is 2.23 bits per heavy atom. The van der Waals surface area contributed by atoms with E-state index >= 15 is 0 Å². The zero-order valence-electron chi connectivity index (χ0n) is 13.9. The van der Waals surface area contributed by atoms with Crippen molar-refractivity contribution in [2.45, 2.75) is 84.0 Å². The summed E-state index contributed by atoms with van der Waals surface area (Å²) in [6.45, 7) is 2.22. The van der Waals surface area contributed by atoms with Gasteiger partial charge in [0.2, 0.25) is 0 Å². The van der Waals surface area contributed by atoms with Gasteiger partial charge in [-0.2, -0.15) is 0 Å². The van der Waals surface area contributed by atoms with Gasteiger partial charge in [0.05, 0.1) is 0 Å². The van der Waals surface area contributed by atoms with Gasteiger partial charge in [0.1, 0.15) is 5.76 Å². The average Bonchev–Trinajstić information content (AvgIpc) is 2.44. The molecule has 1 heterocycles. The molecule has 0 amide bonds. The third kappa shape index (κ3) is 3.53. The molecule has 2 nitrogen and oxygen atoms in total. The molecule has 120 valence electrons. The molecule has 0 N–H and O–H groups in total. The first kappa shape index (κ1) is 15.6. The molecule has 2 aliphatic rings. The van der Waals surface area contributed by atoms with Crippen LogP contribution in [0.3, 0.4) is 0 Å².